The molecule has 1 N–H and O–H groups in total. The zero-order valence-electron chi connectivity index (χ0n) is 18.7. The molecule has 7 nitrogen and oxygen atoms in total. The second kappa shape index (κ2) is 10.9. The summed E-state index contributed by atoms with van der Waals surface area (Å²) in [7, 11) is 0. The van der Waals surface area contributed by atoms with E-state index in [4.69, 9.17) is 9.26 Å². The smallest absolute Gasteiger partial charge is 0.416 e. The second-order valence-corrected chi connectivity index (χ2v) is 7.76. The van der Waals surface area contributed by atoms with Crippen LogP contribution in [0.25, 0.3) is 11.4 Å². The van der Waals surface area contributed by atoms with E-state index in [1.165, 1.54) is 12.1 Å². The molecule has 1 heterocycles. The van der Waals surface area contributed by atoms with Crippen LogP contribution in [0.3, 0.4) is 0 Å². The van der Waals surface area contributed by atoms with Gasteiger partial charge in [0.15, 0.2) is 6.61 Å². The van der Waals surface area contributed by atoms with Crippen molar-refractivity contribution in [3.05, 3.63) is 108 Å². The zero-order valence-corrected chi connectivity index (χ0v) is 18.7. The van der Waals surface area contributed by atoms with Crippen molar-refractivity contribution >= 4 is 11.9 Å². The van der Waals surface area contributed by atoms with Crippen LogP contribution in [0.4, 0.5) is 13.2 Å². The maximum absolute atomic E-state index is 13.0. The van der Waals surface area contributed by atoms with Gasteiger partial charge >= 0.3 is 12.1 Å². The Morgan fingerprint density at radius 2 is 1.64 bits per heavy atom. The maximum Gasteiger partial charge on any atom is 0.416 e. The van der Waals surface area contributed by atoms with Crippen molar-refractivity contribution in [1.29, 1.82) is 0 Å². The van der Waals surface area contributed by atoms with Crippen molar-refractivity contribution in [2.45, 2.75) is 25.2 Å². The van der Waals surface area contributed by atoms with Crippen LogP contribution in [-0.2, 0) is 22.3 Å². The molecule has 1 atom stereocenters. The lowest BCUT2D eigenvalue weighted by atomic mass is 10.0. The fourth-order valence-corrected chi connectivity index (χ4v) is 3.40. The molecule has 1 amide bonds. The lowest BCUT2D eigenvalue weighted by Crippen LogP contribution is -2.30. The Morgan fingerprint density at radius 3 is 2.33 bits per heavy atom. The van der Waals surface area contributed by atoms with E-state index in [-0.39, 0.29) is 36.2 Å². The van der Waals surface area contributed by atoms with Crippen LogP contribution in [-0.4, -0.2) is 22.0 Å². The van der Waals surface area contributed by atoms with Crippen molar-refractivity contribution in [3.8, 4) is 11.4 Å². The molecule has 0 radical (unpaired) electrons. The molecule has 184 valence electrons. The number of hydrogen-bond acceptors (Lipinski definition) is 6. The van der Waals surface area contributed by atoms with Crippen molar-refractivity contribution in [2.75, 3.05) is 0 Å². The molecule has 0 fully saturated rings. The Hall–Kier alpha value is -4.47. The molecule has 0 aliphatic rings. The third-order valence-electron chi connectivity index (χ3n) is 5.19. The van der Waals surface area contributed by atoms with Crippen molar-refractivity contribution in [1.82, 2.24) is 15.5 Å². The maximum atomic E-state index is 13.0. The zero-order chi connectivity index (χ0) is 25.5. The van der Waals surface area contributed by atoms with Gasteiger partial charge in [0.25, 0.3) is 11.8 Å². The molecule has 3 aromatic carbocycles. The van der Waals surface area contributed by atoms with E-state index in [0.717, 1.165) is 12.1 Å². The lowest BCUT2D eigenvalue weighted by molar-refractivity contribution is -0.146. The van der Waals surface area contributed by atoms with Gasteiger partial charge in [0, 0.05) is 11.1 Å². The number of nitrogens with one attached hydrogen (secondary N) is 1. The molecule has 0 saturated carbocycles. The number of alkyl halides is 3. The third kappa shape index (κ3) is 6.35. The summed E-state index contributed by atoms with van der Waals surface area (Å²) in [5.74, 6) is -1.14. The van der Waals surface area contributed by atoms with Gasteiger partial charge in [0.1, 0.15) is 0 Å². The van der Waals surface area contributed by atoms with Gasteiger partial charge in [-0.25, -0.2) is 0 Å². The third-order valence-corrected chi connectivity index (χ3v) is 5.19. The summed E-state index contributed by atoms with van der Waals surface area (Å²) in [6, 6.07) is 21.4. The number of hydrogen-bond donors (Lipinski definition) is 1. The van der Waals surface area contributed by atoms with Gasteiger partial charge in [-0.05, 0) is 29.8 Å². The van der Waals surface area contributed by atoms with E-state index < -0.39 is 23.8 Å². The highest BCUT2D eigenvalue weighted by atomic mass is 19.4. The number of carbonyl (C=O) groups excluding carboxylic acids is 2. The Morgan fingerprint density at radius 1 is 0.944 bits per heavy atom. The van der Waals surface area contributed by atoms with Crippen LogP contribution in [0.2, 0.25) is 0 Å². The standard InChI is InChI=1S/C26H20F3N3O4/c27-26(28,29)20-13-7-12-19(14-20)24-31-22(36-32-24)16-35-23(33)15-21(17-8-3-1-4-9-17)30-25(34)18-10-5-2-6-11-18/h1-14,21H,15-16H2,(H,30,34). The minimum absolute atomic E-state index is 0.0653. The normalized spacial score (nSPS) is 12.1. The molecule has 4 aromatic rings. The topological polar surface area (TPSA) is 94.3 Å². The summed E-state index contributed by atoms with van der Waals surface area (Å²) in [4.78, 5) is 29.2. The molecular weight excluding hydrogens is 475 g/mol. The molecule has 10 heteroatoms. The first kappa shape index (κ1) is 24.6. The molecular formula is C26H20F3N3O4. The average molecular weight is 495 g/mol. The van der Waals surface area contributed by atoms with Crippen molar-refractivity contribution < 1.29 is 32.0 Å². The Labute approximate surface area is 203 Å². The summed E-state index contributed by atoms with van der Waals surface area (Å²) in [5.41, 5.74) is 0.421. The molecule has 1 unspecified atom stereocenters. The average Bonchev–Trinajstić information content (AvgIpc) is 3.37. The predicted octanol–water partition coefficient (Wildman–Crippen LogP) is 5.36. The summed E-state index contributed by atoms with van der Waals surface area (Å²) >= 11 is 0. The minimum atomic E-state index is -4.51. The van der Waals surface area contributed by atoms with Crippen molar-refractivity contribution in [2.24, 2.45) is 0 Å². The monoisotopic (exact) mass is 495 g/mol. The number of carbonyl (C=O) groups is 2. The first-order valence-corrected chi connectivity index (χ1v) is 10.9. The van der Waals surface area contributed by atoms with Gasteiger partial charge in [-0.15, -0.1) is 0 Å². The highest BCUT2D eigenvalue weighted by Gasteiger charge is 2.31. The Balaban J connectivity index is 1.40. The number of halogens is 3. The molecule has 0 saturated heterocycles. The van der Waals surface area contributed by atoms with Crippen LogP contribution < -0.4 is 5.32 Å². The van der Waals surface area contributed by atoms with E-state index >= 15 is 0 Å². The van der Waals surface area contributed by atoms with Crippen molar-refractivity contribution in [3.63, 3.8) is 0 Å². The lowest BCUT2D eigenvalue weighted by Gasteiger charge is -2.18. The summed E-state index contributed by atoms with van der Waals surface area (Å²) in [5, 5.41) is 6.51. The highest BCUT2D eigenvalue weighted by molar-refractivity contribution is 5.94. The summed E-state index contributed by atoms with van der Waals surface area (Å²) in [6.45, 7) is -0.376. The fraction of sp³-hybridized carbons (Fsp3) is 0.154. The predicted molar refractivity (Wildman–Crippen MR) is 122 cm³/mol. The van der Waals surface area contributed by atoms with Crippen LogP contribution in [0, 0.1) is 0 Å². The summed E-state index contributed by atoms with van der Waals surface area (Å²) < 4.78 is 49.1. The van der Waals surface area contributed by atoms with Crippen LogP contribution in [0.1, 0.15) is 39.8 Å². The molecule has 4 rings (SSSR count). The Bertz CT molecular complexity index is 1330. The molecule has 0 bridgehead atoms. The minimum Gasteiger partial charge on any atom is -0.455 e. The molecule has 0 aliphatic carbocycles. The first-order chi connectivity index (χ1) is 17.3. The number of amides is 1. The van der Waals surface area contributed by atoms with Gasteiger partial charge in [0.05, 0.1) is 18.0 Å². The van der Waals surface area contributed by atoms with E-state index in [1.807, 2.05) is 6.07 Å². The molecule has 0 spiro atoms. The van der Waals surface area contributed by atoms with Gasteiger partial charge in [-0.1, -0.05) is 65.8 Å². The number of aromatic nitrogens is 2. The number of esters is 1. The molecule has 36 heavy (non-hydrogen) atoms. The van der Waals surface area contributed by atoms with Gasteiger partial charge < -0.3 is 14.6 Å². The van der Waals surface area contributed by atoms with E-state index in [2.05, 4.69) is 15.5 Å². The van der Waals surface area contributed by atoms with Crippen LogP contribution in [0.5, 0.6) is 0 Å². The highest BCUT2D eigenvalue weighted by Crippen LogP contribution is 2.31. The number of ether oxygens (including phenoxy) is 1. The van der Waals surface area contributed by atoms with Crippen LogP contribution >= 0.6 is 0 Å². The van der Waals surface area contributed by atoms with Crippen LogP contribution in [0.15, 0.2) is 89.5 Å². The van der Waals surface area contributed by atoms with Gasteiger partial charge in [-0.2, -0.15) is 18.2 Å². The quantitative estimate of drug-likeness (QED) is 0.331. The SMILES string of the molecule is O=C(CC(NC(=O)c1ccccc1)c1ccccc1)OCc1nc(-c2cccc(C(F)(F)F)c2)no1. The number of rotatable bonds is 8. The fourth-order valence-electron chi connectivity index (χ4n) is 3.40. The first-order valence-electron chi connectivity index (χ1n) is 10.9. The largest absolute Gasteiger partial charge is 0.455 e. The van der Waals surface area contributed by atoms with E-state index in [1.54, 1.807) is 54.6 Å². The summed E-state index contributed by atoms with van der Waals surface area (Å²) in [6.07, 6.45) is -4.68. The Kier molecular flexibility index (Phi) is 7.43. The number of nitrogens with zero attached hydrogens (tertiary/aromatic N) is 2. The van der Waals surface area contributed by atoms with Gasteiger partial charge in [0.2, 0.25) is 5.82 Å². The van der Waals surface area contributed by atoms with Gasteiger partial charge in [-0.3, -0.25) is 9.59 Å². The molecule has 1 aromatic heterocycles. The molecule has 0 aliphatic heterocycles. The number of benzene rings is 3. The van der Waals surface area contributed by atoms with E-state index in [0.29, 0.717) is 11.1 Å². The van der Waals surface area contributed by atoms with E-state index in [9.17, 15) is 22.8 Å². The second-order valence-electron chi connectivity index (χ2n) is 7.76.